The molecule has 0 aliphatic carbocycles. The van der Waals surface area contributed by atoms with Gasteiger partial charge in [0, 0.05) is 32.7 Å². The van der Waals surface area contributed by atoms with E-state index in [4.69, 9.17) is 0 Å². The quantitative estimate of drug-likeness (QED) is 0.778. The van der Waals surface area contributed by atoms with E-state index in [1.807, 2.05) is 0 Å². The predicted octanol–water partition coefficient (Wildman–Crippen LogP) is 1.22. The maximum atomic E-state index is 11.9. The smallest absolute Gasteiger partial charge is 0.282 e. The van der Waals surface area contributed by atoms with Crippen molar-refractivity contribution >= 4 is 21.6 Å². The number of hydrogen-bond acceptors (Lipinski definition) is 4. The van der Waals surface area contributed by atoms with Gasteiger partial charge >= 0.3 is 0 Å². The van der Waals surface area contributed by atoms with E-state index >= 15 is 0 Å². The number of halogens is 1. The third kappa shape index (κ3) is 2.43. The summed E-state index contributed by atoms with van der Waals surface area (Å²) in [6.07, 6.45) is 5.72. The van der Waals surface area contributed by atoms with E-state index in [2.05, 4.69) is 30.8 Å². The lowest BCUT2D eigenvalue weighted by molar-refractivity contribution is 0.133. The fraction of sp³-hybridized carbons (Fsp3) is 0.692. The molecule has 1 unspecified atom stereocenters. The van der Waals surface area contributed by atoms with Gasteiger partial charge in [-0.05, 0) is 35.3 Å². The van der Waals surface area contributed by atoms with Crippen molar-refractivity contribution < 1.29 is 0 Å². The zero-order valence-electron chi connectivity index (χ0n) is 11.2. The second-order valence-electron chi connectivity index (χ2n) is 5.40. The van der Waals surface area contributed by atoms with Crippen molar-refractivity contribution in [1.82, 2.24) is 14.7 Å². The Morgan fingerprint density at radius 3 is 3.00 bits per heavy atom. The highest BCUT2D eigenvalue weighted by Gasteiger charge is 2.30. The Morgan fingerprint density at radius 2 is 2.16 bits per heavy atom. The molecule has 2 saturated heterocycles. The van der Waals surface area contributed by atoms with Gasteiger partial charge in [-0.1, -0.05) is 6.42 Å². The molecule has 1 aromatic rings. The molecule has 0 N–H and O–H groups in total. The molecule has 6 heteroatoms. The van der Waals surface area contributed by atoms with Crippen LogP contribution >= 0.6 is 15.9 Å². The number of aryl methyl sites for hydroxylation is 1. The van der Waals surface area contributed by atoms with Gasteiger partial charge in [-0.3, -0.25) is 9.69 Å². The van der Waals surface area contributed by atoms with Gasteiger partial charge in [0.25, 0.3) is 5.56 Å². The van der Waals surface area contributed by atoms with Gasteiger partial charge in [0.15, 0.2) is 0 Å². The van der Waals surface area contributed by atoms with Gasteiger partial charge in [-0.25, -0.2) is 4.68 Å². The van der Waals surface area contributed by atoms with E-state index in [0.29, 0.717) is 10.5 Å². The van der Waals surface area contributed by atoms with Gasteiger partial charge in [-0.2, -0.15) is 5.10 Å². The van der Waals surface area contributed by atoms with E-state index in [1.165, 1.54) is 30.5 Å². The Balaban J connectivity index is 1.83. The van der Waals surface area contributed by atoms with Crippen LogP contribution in [0.4, 0.5) is 5.69 Å². The van der Waals surface area contributed by atoms with Crippen LogP contribution in [-0.2, 0) is 7.05 Å². The topological polar surface area (TPSA) is 41.4 Å². The lowest BCUT2D eigenvalue weighted by Gasteiger charge is -2.44. The Bertz CT molecular complexity index is 530. The number of anilines is 1. The van der Waals surface area contributed by atoms with Crippen LogP contribution in [-0.4, -0.2) is 46.9 Å². The van der Waals surface area contributed by atoms with Crippen LogP contribution in [0.5, 0.6) is 0 Å². The molecule has 2 fully saturated rings. The average molecular weight is 327 g/mol. The highest BCUT2D eigenvalue weighted by Crippen LogP contribution is 2.27. The zero-order chi connectivity index (χ0) is 13.4. The Morgan fingerprint density at radius 1 is 1.32 bits per heavy atom. The van der Waals surface area contributed by atoms with Crippen LogP contribution in [0.25, 0.3) is 0 Å². The number of rotatable bonds is 1. The largest absolute Gasteiger partial charge is 0.366 e. The molecule has 0 radical (unpaired) electrons. The molecule has 0 bridgehead atoms. The summed E-state index contributed by atoms with van der Waals surface area (Å²) in [7, 11) is 1.68. The molecule has 19 heavy (non-hydrogen) atoms. The van der Waals surface area contributed by atoms with Crippen molar-refractivity contribution in [2.24, 2.45) is 7.05 Å². The van der Waals surface area contributed by atoms with Crippen molar-refractivity contribution in [3.8, 4) is 0 Å². The fourth-order valence-electron chi connectivity index (χ4n) is 3.10. The molecule has 0 spiro atoms. The van der Waals surface area contributed by atoms with Crippen molar-refractivity contribution in [2.45, 2.75) is 25.3 Å². The molecular formula is C13H19BrN4O. The third-order valence-electron chi connectivity index (χ3n) is 4.24. The van der Waals surface area contributed by atoms with E-state index in [1.54, 1.807) is 13.2 Å². The number of hydrogen-bond donors (Lipinski definition) is 0. The molecule has 5 nitrogen and oxygen atoms in total. The number of nitrogens with zero attached hydrogens (tertiary/aromatic N) is 4. The molecule has 0 aromatic carbocycles. The molecular weight excluding hydrogens is 308 g/mol. The van der Waals surface area contributed by atoms with Gasteiger partial charge < -0.3 is 4.90 Å². The molecule has 0 amide bonds. The molecule has 3 heterocycles. The van der Waals surface area contributed by atoms with Crippen LogP contribution in [0.15, 0.2) is 15.5 Å². The van der Waals surface area contributed by atoms with Crippen LogP contribution in [0.3, 0.4) is 0 Å². The lowest BCUT2D eigenvalue weighted by Crippen LogP contribution is -2.55. The average Bonchev–Trinajstić information content (AvgIpc) is 2.44. The van der Waals surface area contributed by atoms with Crippen LogP contribution in [0.2, 0.25) is 0 Å². The van der Waals surface area contributed by atoms with Crippen molar-refractivity contribution in [2.75, 3.05) is 31.1 Å². The first-order valence-corrected chi connectivity index (χ1v) is 7.67. The maximum Gasteiger partial charge on any atom is 0.282 e. The highest BCUT2D eigenvalue weighted by atomic mass is 79.9. The standard InChI is InChI=1S/C13H19BrN4O/c1-16-13(19)12(14)11(8-15-16)18-7-6-17-5-3-2-4-10(17)9-18/h8,10H,2-7,9H2,1H3. The fourth-order valence-corrected chi connectivity index (χ4v) is 3.71. The Hall–Kier alpha value is -0.880. The van der Waals surface area contributed by atoms with Crippen molar-refractivity contribution in [3.05, 3.63) is 21.0 Å². The van der Waals surface area contributed by atoms with Gasteiger partial charge in [-0.15, -0.1) is 0 Å². The van der Waals surface area contributed by atoms with E-state index in [9.17, 15) is 4.79 Å². The first kappa shape index (κ1) is 13.1. The Labute approximate surface area is 121 Å². The lowest BCUT2D eigenvalue weighted by atomic mass is 9.99. The minimum atomic E-state index is -0.0661. The first-order chi connectivity index (χ1) is 9.16. The highest BCUT2D eigenvalue weighted by molar-refractivity contribution is 9.10. The number of piperidine rings is 1. The van der Waals surface area contributed by atoms with Gasteiger partial charge in [0.1, 0.15) is 4.47 Å². The maximum absolute atomic E-state index is 11.9. The second-order valence-corrected chi connectivity index (χ2v) is 6.20. The number of aromatic nitrogens is 2. The van der Waals surface area contributed by atoms with E-state index in [-0.39, 0.29) is 5.56 Å². The summed E-state index contributed by atoms with van der Waals surface area (Å²) in [5, 5.41) is 4.14. The van der Waals surface area contributed by atoms with E-state index < -0.39 is 0 Å². The SMILES string of the molecule is Cn1ncc(N2CCN3CCCCC3C2)c(Br)c1=O. The third-order valence-corrected chi connectivity index (χ3v) is 4.98. The molecule has 3 rings (SSSR count). The first-order valence-electron chi connectivity index (χ1n) is 6.87. The molecule has 1 aromatic heterocycles. The zero-order valence-corrected chi connectivity index (χ0v) is 12.8. The number of fused-ring (bicyclic) bond motifs is 1. The summed E-state index contributed by atoms with van der Waals surface area (Å²) >= 11 is 3.43. The van der Waals surface area contributed by atoms with Crippen LogP contribution < -0.4 is 10.5 Å². The molecule has 0 saturated carbocycles. The van der Waals surface area contributed by atoms with Crippen LogP contribution in [0.1, 0.15) is 19.3 Å². The minimum Gasteiger partial charge on any atom is -0.366 e. The van der Waals surface area contributed by atoms with Gasteiger partial charge in [0.05, 0.1) is 11.9 Å². The summed E-state index contributed by atoms with van der Waals surface area (Å²) in [4.78, 5) is 16.8. The number of piperazine rings is 1. The summed E-state index contributed by atoms with van der Waals surface area (Å²) in [5.41, 5.74) is 0.872. The minimum absolute atomic E-state index is 0.0661. The summed E-state index contributed by atoms with van der Waals surface area (Å²) in [6, 6.07) is 0.637. The van der Waals surface area contributed by atoms with Crippen molar-refractivity contribution in [1.29, 1.82) is 0 Å². The molecule has 104 valence electrons. The predicted molar refractivity (Wildman–Crippen MR) is 78.6 cm³/mol. The summed E-state index contributed by atoms with van der Waals surface area (Å²) in [6.45, 7) is 4.30. The summed E-state index contributed by atoms with van der Waals surface area (Å²) < 4.78 is 2.00. The van der Waals surface area contributed by atoms with E-state index in [0.717, 1.165) is 25.3 Å². The van der Waals surface area contributed by atoms with Gasteiger partial charge in [0.2, 0.25) is 0 Å². The monoisotopic (exact) mass is 326 g/mol. The van der Waals surface area contributed by atoms with Crippen molar-refractivity contribution in [3.63, 3.8) is 0 Å². The molecule has 2 aliphatic rings. The summed E-state index contributed by atoms with van der Waals surface area (Å²) in [5.74, 6) is 0. The molecule has 1 atom stereocenters. The second kappa shape index (κ2) is 5.25. The molecule has 2 aliphatic heterocycles. The normalized spacial score (nSPS) is 24.3. The van der Waals surface area contributed by atoms with Crippen LogP contribution in [0, 0.1) is 0 Å². The Kier molecular flexibility index (Phi) is 3.62.